The van der Waals surface area contributed by atoms with E-state index in [4.69, 9.17) is 0 Å². The SMILES string of the molecule is C[C@H](O)CN1CCN(C(=O)c2csc(-c3ccccn3)n2)CC1. The summed E-state index contributed by atoms with van der Waals surface area (Å²) in [4.78, 5) is 25.3. The van der Waals surface area contributed by atoms with Crippen molar-refractivity contribution < 1.29 is 9.90 Å². The van der Waals surface area contributed by atoms with Crippen LogP contribution in [0.3, 0.4) is 0 Å². The average Bonchev–Trinajstić information content (AvgIpc) is 3.05. The zero-order valence-corrected chi connectivity index (χ0v) is 13.9. The summed E-state index contributed by atoms with van der Waals surface area (Å²) in [5.41, 5.74) is 1.28. The van der Waals surface area contributed by atoms with E-state index in [1.54, 1.807) is 18.5 Å². The van der Waals surface area contributed by atoms with Gasteiger partial charge in [-0.2, -0.15) is 0 Å². The smallest absolute Gasteiger partial charge is 0.273 e. The molecule has 1 fully saturated rings. The Morgan fingerprint density at radius 2 is 2.13 bits per heavy atom. The van der Waals surface area contributed by atoms with Crippen molar-refractivity contribution in [3.63, 3.8) is 0 Å². The zero-order chi connectivity index (χ0) is 16.2. The summed E-state index contributed by atoms with van der Waals surface area (Å²) in [6.07, 6.45) is 1.39. The predicted molar refractivity (Wildman–Crippen MR) is 89.4 cm³/mol. The molecular formula is C16H20N4O2S. The molecule has 2 aromatic heterocycles. The van der Waals surface area contributed by atoms with E-state index in [-0.39, 0.29) is 12.0 Å². The Balaban J connectivity index is 1.62. The molecule has 122 valence electrons. The van der Waals surface area contributed by atoms with Crippen molar-refractivity contribution in [2.75, 3.05) is 32.7 Å². The van der Waals surface area contributed by atoms with E-state index in [9.17, 15) is 9.90 Å². The summed E-state index contributed by atoms with van der Waals surface area (Å²) in [7, 11) is 0. The van der Waals surface area contributed by atoms with Crippen molar-refractivity contribution in [2.45, 2.75) is 13.0 Å². The fraction of sp³-hybridized carbons (Fsp3) is 0.438. The normalized spacial score (nSPS) is 17.2. The fourth-order valence-electron chi connectivity index (χ4n) is 2.65. The first-order valence-corrected chi connectivity index (χ1v) is 8.58. The number of aliphatic hydroxyl groups is 1. The van der Waals surface area contributed by atoms with Crippen molar-refractivity contribution in [1.29, 1.82) is 0 Å². The Kier molecular flexibility index (Phi) is 5.00. The molecule has 1 amide bonds. The molecule has 0 unspecified atom stereocenters. The van der Waals surface area contributed by atoms with E-state index in [1.807, 2.05) is 23.1 Å². The van der Waals surface area contributed by atoms with Crippen molar-refractivity contribution in [1.82, 2.24) is 19.8 Å². The molecule has 0 bridgehead atoms. The molecule has 0 saturated carbocycles. The third kappa shape index (κ3) is 3.93. The van der Waals surface area contributed by atoms with Crippen LogP contribution in [0.5, 0.6) is 0 Å². The lowest BCUT2D eigenvalue weighted by Gasteiger charge is -2.34. The lowest BCUT2D eigenvalue weighted by Crippen LogP contribution is -2.50. The first-order valence-electron chi connectivity index (χ1n) is 7.70. The molecule has 1 saturated heterocycles. The van der Waals surface area contributed by atoms with Crippen LogP contribution in [0.2, 0.25) is 0 Å². The molecule has 0 aliphatic carbocycles. The largest absolute Gasteiger partial charge is 0.392 e. The van der Waals surface area contributed by atoms with Crippen molar-refractivity contribution in [3.8, 4) is 10.7 Å². The van der Waals surface area contributed by atoms with E-state index < -0.39 is 0 Å². The number of β-amino-alcohol motifs (C(OH)–C–C–N with tert-alkyl or cyclic N) is 1. The number of aliphatic hydroxyl groups excluding tert-OH is 1. The van der Waals surface area contributed by atoms with E-state index in [0.717, 1.165) is 23.8 Å². The van der Waals surface area contributed by atoms with Gasteiger partial charge in [-0.15, -0.1) is 11.3 Å². The number of carbonyl (C=O) groups excluding carboxylic acids is 1. The van der Waals surface area contributed by atoms with Gasteiger partial charge < -0.3 is 10.0 Å². The van der Waals surface area contributed by atoms with Crippen LogP contribution in [0.25, 0.3) is 10.7 Å². The lowest BCUT2D eigenvalue weighted by molar-refractivity contribution is 0.0550. The van der Waals surface area contributed by atoms with E-state index >= 15 is 0 Å². The minimum atomic E-state index is -0.336. The fourth-order valence-corrected chi connectivity index (χ4v) is 3.42. The molecule has 0 aromatic carbocycles. The van der Waals surface area contributed by atoms with Crippen LogP contribution in [-0.4, -0.2) is 69.6 Å². The van der Waals surface area contributed by atoms with Gasteiger partial charge in [0.05, 0.1) is 11.8 Å². The molecule has 1 aliphatic heterocycles. The Morgan fingerprint density at radius 3 is 2.78 bits per heavy atom. The Bertz CT molecular complexity index is 651. The molecule has 1 atom stereocenters. The Hall–Kier alpha value is -1.83. The van der Waals surface area contributed by atoms with Crippen molar-refractivity contribution in [3.05, 3.63) is 35.5 Å². The highest BCUT2D eigenvalue weighted by Crippen LogP contribution is 2.22. The second kappa shape index (κ2) is 7.16. The average molecular weight is 332 g/mol. The summed E-state index contributed by atoms with van der Waals surface area (Å²) in [5.74, 6) is -0.0277. The topological polar surface area (TPSA) is 69.6 Å². The van der Waals surface area contributed by atoms with Crippen LogP contribution in [0.4, 0.5) is 0 Å². The third-order valence-corrected chi connectivity index (χ3v) is 4.65. The molecular weight excluding hydrogens is 312 g/mol. The number of hydrogen-bond donors (Lipinski definition) is 1. The Labute approximate surface area is 139 Å². The number of nitrogens with zero attached hydrogens (tertiary/aromatic N) is 4. The van der Waals surface area contributed by atoms with Gasteiger partial charge in [0, 0.05) is 44.3 Å². The van der Waals surface area contributed by atoms with Crippen LogP contribution in [0.15, 0.2) is 29.8 Å². The van der Waals surface area contributed by atoms with Crippen LogP contribution in [0, 0.1) is 0 Å². The second-order valence-corrected chi connectivity index (χ2v) is 6.55. The molecule has 3 rings (SSSR count). The number of rotatable bonds is 4. The summed E-state index contributed by atoms with van der Waals surface area (Å²) < 4.78 is 0. The maximum absolute atomic E-state index is 12.6. The molecule has 6 nitrogen and oxygen atoms in total. The van der Waals surface area contributed by atoms with Gasteiger partial charge in [0.2, 0.25) is 0 Å². The van der Waals surface area contributed by atoms with Crippen LogP contribution in [-0.2, 0) is 0 Å². The standard InChI is InChI=1S/C16H20N4O2S/c1-12(21)10-19-6-8-20(9-7-19)16(22)14-11-23-15(18-14)13-4-2-3-5-17-13/h2-5,11-12,21H,6-10H2,1H3/t12-/m0/s1. The molecule has 1 N–H and O–H groups in total. The first-order chi connectivity index (χ1) is 11.1. The first kappa shape index (κ1) is 16.0. The number of amides is 1. The molecule has 7 heteroatoms. The maximum Gasteiger partial charge on any atom is 0.273 e. The molecule has 23 heavy (non-hydrogen) atoms. The molecule has 0 radical (unpaired) electrons. The van der Waals surface area contributed by atoms with E-state index in [2.05, 4.69) is 14.9 Å². The lowest BCUT2D eigenvalue weighted by atomic mass is 10.2. The highest BCUT2D eigenvalue weighted by molar-refractivity contribution is 7.13. The van der Waals surface area contributed by atoms with Crippen LogP contribution >= 0.6 is 11.3 Å². The number of thiazole rings is 1. The summed E-state index contributed by atoms with van der Waals surface area (Å²) in [6.45, 7) is 5.35. The summed E-state index contributed by atoms with van der Waals surface area (Å²) >= 11 is 1.44. The number of piperazine rings is 1. The number of hydrogen-bond acceptors (Lipinski definition) is 6. The third-order valence-electron chi connectivity index (χ3n) is 3.79. The van der Waals surface area contributed by atoms with Gasteiger partial charge in [-0.3, -0.25) is 14.7 Å². The summed E-state index contributed by atoms with van der Waals surface area (Å²) in [5, 5.41) is 12.0. The summed E-state index contributed by atoms with van der Waals surface area (Å²) in [6, 6.07) is 5.66. The molecule has 2 aromatic rings. The second-order valence-electron chi connectivity index (χ2n) is 5.69. The minimum Gasteiger partial charge on any atom is -0.392 e. The highest BCUT2D eigenvalue weighted by atomic mass is 32.1. The zero-order valence-electron chi connectivity index (χ0n) is 13.1. The van der Waals surface area contributed by atoms with Crippen molar-refractivity contribution >= 4 is 17.2 Å². The monoisotopic (exact) mass is 332 g/mol. The van der Waals surface area contributed by atoms with Gasteiger partial charge >= 0.3 is 0 Å². The highest BCUT2D eigenvalue weighted by Gasteiger charge is 2.24. The van der Waals surface area contributed by atoms with Crippen LogP contribution < -0.4 is 0 Å². The number of pyridine rings is 1. The van der Waals surface area contributed by atoms with Gasteiger partial charge in [-0.1, -0.05) is 6.07 Å². The van der Waals surface area contributed by atoms with Gasteiger partial charge in [-0.25, -0.2) is 4.98 Å². The predicted octanol–water partition coefficient (Wildman–Crippen LogP) is 1.34. The molecule has 0 spiro atoms. The van der Waals surface area contributed by atoms with E-state index in [0.29, 0.717) is 25.3 Å². The maximum atomic E-state index is 12.6. The molecule has 3 heterocycles. The van der Waals surface area contributed by atoms with E-state index in [1.165, 1.54) is 11.3 Å². The number of carbonyl (C=O) groups is 1. The van der Waals surface area contributed by atoms with Gasteiger partial charge in [0.15, 0.2) is 0 Å². The van der Waals surface area contributed by atoms with Gasteiger partial charge in [0.1, 0.15) is 10.7 Å². The van der Waals surface area contributed by atoms with Gasteiger partial charge in [-0.05, 0) is 19.1 Å². The van der Waals surface area contributed by atoms with Crippen LogP contribution in [0.1, 0.15) is 17.4 Å². The van der Waals surface area contributed by atoms with Gasteiger partial charge in [0.25, 0.3) is 5.91 Å². The molecule has 1 aliphatic rings. The quantitative estimate of drug-likeness (QED) is 0.915. The van der Waals surface area contributed by atoms with Crippen molar-refractivity contribution in [2.24, 2.45) is 0 Å². The number of aromatic nitrogens is 2. The minimum absolute atomic E-state index is 0.0277. The Morgan fingerprint density at radius 1 is 1.35 bits per heavy atom.